The van der Waals surface area contributed by atoms with Crippen LogP contribution in [-0.4, -0.2) is 67.8 Å². The Morgan fingerprint density at radius 2 is 1.79 bits per heavy atom. The van der Waals surface area contributed by atoms with E-state index in [2.05, 4.69) is 15.6 Å². The Labute approximate surface area is 220 Å². The van der Waals surface area contributed by atoms with E-state index in [0.717, 1.165) is 0 Å². The summed E-state index contributed by atoms with van der Waals surface area (Å²) in [6.45, 7) is 5.51. The monoisotopic (exact) mass is 536 g/mol. The maximum Gasteiger partial charge on any atom is 0.256 e. The van der Waals surface area contributed by atoms with E-state index >= 15 is 0 Å². The molecule has 0 unspecified atom stereocenters. The fourth-order valence-corrected chi connectivity index (χ4v) is 6.36. The normalized spacial score (nSPS) is 17.9. The van der Waals surface area contributed by atoms with Crippen molar-refractivity contribution in [2.45, 2.75) is 13.8 Å². The Bertz CT molecular complexity index is 1560. The number of H-pyrrole nitrogens is 1. The van der Waals surface area contributed by atoms with Crippen molar-refractivity contribution in [1.29, 1.82) is 0 Å². The average Bonchev–Trinajstić information content (AvgIpc) is 3.35. The number of aromatic amines is 1. The van der Waals surface area contributed by atoms with Crippen LogP contribution < -0.4 is 10.6 Å². The molecule has 2 aromatic carbocycles. The van der Waals surface area contributed by atoms with E-state index in [1.165, 1.54) is 6.07 Å². The first kappa shape index (κ1) is 25.9. The highest BCUT2D eigenvalue weighted by atomic mass is 32.2. The third-order valence-electron chi connectivity index (χ3n) is 7.13. The van der Waals surface area contributed by atoms with E-state index in [4.69, 9.17) is 0 Å². The summed E-state index contributed by atoms with van der Waals surface area (Å²) in [5, 5.41) is 5.79. The number of aryl methyl sites for hydroxylation is 1. The van der Waals surface area contributed by atoms with Crippen molar-refractivity contribution in [3.8, 4) is 11.1 Å². The van der Waals surface area contributed by atoms with Crippen LogP contribution in [0.1, 0.15) is 32.9 Å². The maximum absolute atomic E-state index is 14.7. The molecule has 198 valence electrons. The predicted octanol–water partition coefficient (Wildman–Crippen LogP) is 3.39. The Hall–Kier alpha value is -3.76. The number of nitrogens with one attached hydrogen (secondary N) is 3. The number of hydrogen-bond acceptors (Lipinski definition) is 5. The second-order valence-corrected chi connectivity index (χ2v) is 11.9. The van der Waals surface area contributed by atoms with Crippen LogP contribution in [-0.2, 0) is 14.6 Å². The minimum atomic E-state index is -2.95. The lowest BCUT2D eigenvalue weighted by molar-refractivity contribution is -0.110. The van der Waals surface area contributed by atoms with Crippen molar-refractivity contribution in [2.75, 3.05) is 43.0 Å². The molecule has 38 heavy (non-hydrogen) atoms. The van der Waals surface area contributed by atoms with Gasteiger partial charge in [-0.3, -0.25) is 14.5 Å². The van der Waals surface area contributed by atoms with E-state index in [9.17, 15) is 22.4 Å². The van der Waals surface area contributed by atoms with Crippen LogP contribution in [0.15, 0.2) is 42.5 Å². The first-order valence-corrected chi connectivity index (χ1v) is 14.3. The predicted molar refractivity (Wildman–Crippen MR) is 146 cm³/mol. The second kappa shape index (κ2) is 10.2. The van der Waals surface area contributed by atoms with Crippen molar-refractivity contribution in [3.05, 3.63) is 76.4 Å². The summed E-state index contributed by atoms with van der Waals surface area (Å²) in [7, 11) is -2.95. The molecule has 3 N–H and O–H groups in total. The second-order valence-electron chi connectivity index (χ2n) is 9.63. The van der Waals surface area contributed by atoms with Gasteiger partial charge in [-0.1, -0.05) is 30.3 Å². The summed E-state index contributed by atoms with van der Waals surface area (Å²) in [6.07, 6.45) is 1.71. The number of hydrogen-bond donors (Lipinski definition) is 3. The SMILES string of the molecule is Cc1[nH]c(C=C2C(=O)Nc3cccc(-c4ccccc4F)c32)c(C)c1C(=O)NCCN1CCS(=O)(=O)CC1. The van der Waals surface area contributed by atoms with Gasteiger partial charge in [0.1, 0.15) is 5.82 Å². The van der Waals surface area contributed by atoms with E-state index in [-0.39, 0.29) is 29.1 Å². The summed E-state index contributed by atoms with van der Waals surface area (Å²) in [5.74, 6) is -0.634. The maximum atomic E-state index is 14.7. The Balaban J connectivity index is 1.38. The number of amides is 2. The third-order valence-corrected chi connectivity index (χ3v) is 8.74. The van der Waals surface area contributed by atoms with Crippen molar-refractivity contribution >= 4 is 39.0 Å². The van der Waals surface area contributed by atoms with Crippen molar-refractivity contribution in [2.24, 2.45) is 0 Å². The Kier molecular flexibility index (Phi) is 6.93. The lowest BCUT2D eigenvalue weighted by Gasteiger charge is -2.26. The molecule has 2 aliphatic rings. The topological polar surface area (TPSA) is 111 Å². The van der Waals surface area contributed by atoms with Gasteiger partial charge in [-0.25, -0.2) is 12.8 Å². The molecule has 2 aliphatic heterocycles. The van der Waals surface area contributed by atoms with Crippen LogP contribution >= 0.6 is 0 Å². The number of anilines is 1. The van der Waals surface area contributed by atoms with E-state index in [0.29, 0.717) is 76.6 Å². The number of rotatable bonds is 6. The highest BCUT2D eigenvalue weighted by Crippen LogP contribution is 2.41. The zero-order chi connectivity index (χ0) is 27.0. The molecule has 1 fully saturated rings. The highest BCUT2D eigenvalue weighted by Gasteiger charge is 2.29. The first-order valence-electron chi connectivity index (χ1n) is 12.5. The van der Waals surface area contributed by atoms with Crippen LogP contribution in [0.25, 0.3) is 22.8 Å². The molecule has 0 atom stereocenters. The minimum absolute atomic E-state index is 0.143. The van der Waals surface area contributed by atoms with E-state index < -0.39 is 9.84 Å². The molecule has 0 bridgehead atoms. The Morgan fingerprint density at radius 1 is 1.08 bits per heavy atom. The molecular formula is C28H29FN4O4S. The number of fused-ring (bicyclic) bond motifs is 1. The lowest BCUT2D eigenvalue weighted by atomic mass is 9.94. The van der Waals surface area contributed by atoms with Gasteiger partial charge in [0.25, 0.3) is 11.8 Å². The van der Waals surface area contributed by atoms with Gasteiger partial charge in [0.05, 0.1) is 22.6 Å². The minimum Gasteiger partial charge on any atom is -0.358 e. The fraction of sp³-hybridized carbons (Fsp3) is 0.286. The molecule has 8 nitrogen and oxygen atoms in total. The van der Waals surface area contributed by atoms with Crippen LogP contribution in [0.3, 0.4) is 0 Å². The van der Waals surface area contributed by atoms with Gasteiger partial charge in [-0.15, -0.1) is 0 Å². The van der Waals surface area contributed by atoms with Gasteiger partial charge in [0.2, 0.25) is 0 Å². The number of benzene rings is 2. The molecule has 5 rings (SSSR count). The number of carbonyl (C=O) groups is 2. The third kappa shape index (κ3) is 5.01. The quantitative estimate of drug-likeness (QED) is 0.418. The lowest BCUT2D eigenvalue weighted by Crippen LogP contribution is -2.43. The number of halogens is 1. The van der Waals surface area contributed by atoms with Gasteiger partial charge in [-0.05, 0) is 43.2 Å². The van der Waals surface area contributed by atoms with Crippen LogP contribution in [0.2, 0.25) is 0 Å². The van der Waals surface area contributed by atoms with Crippen LogP contribution in [0, 0.1) is 19.7 Å². The summed E-state index contributed by atoms with van der Waals surface area (Å²) in [6, 6.07) is 11.8. The number of sulfone groups is 1. The number of carbonyl (C=O) groups excluding carboxylic acids is 2. The van der Waals surface area contributed by atoms with Gasteiger partial charge >= 0.3 is 0 Å². The summed E-state index contributed by atoms with van der Waals surface area (Å²) in [5.41, 5.74) is 5.09. The number of nitrogens with zero attached hydrogens (tertiary/aromatic N) is 1. The molecule has 3 heterocycles. The van der Waals surface area contributed by atoms with Crippen molar-refractivity contribution < 1.29 is 22.4 Å². The van der Waals surface area contributed by atoms with Crippen LogP contribution in [0.4, 0.5) is 10.1 Å². The molecule has 0 aliphatic carbocycles. The molecule has 10 heteroatoms. The summed E-state index contributed by atoms with van der Waals surface area (Å²) >= 11 is 0. The van der Waals surface area contributed by atoms with Crippen molar-refractivity contribution in [3.63, 3.8) is 0 Å². The van der Waals surface area contributed by atoms with Crippen molar-refractivity contribution in [1.82, 2.24) is 15.2 Å². The van der Waals surface area contributed by atoms with Crippen LogP contribution in [0.5, 0.6) is 0 Å². The van der Waals surface area contributed by atoms with E-state index in [1.54, 1.807) is 49.4 Å². The Morgan fingerprint density at radius 3 is 2.53 bits per heavy atom. The zero-order valence-corrected chi connectivity index (χ0v) is 22.0. The van der Waals surface area contributed by atoms with Gasteiger partial charge in [0, 0.05) is 54.4 Å². The largest absolute Gasteiger partial charge is 0.358 e. The molecule has 1 saturated heterocycles. The fourth-order valence-electron chi connectivity index (χ4n) is 5.08. The molecule has 2 amide bonds. The van der Waals surface area contributed by atoms with Gasteiger partial charge in [-0.2, -0.15) is 0 Å². The molecule has 0 radical (unpaired) electrons. The standard InChI is InChI=1S/C28H29FN4O4S/c1-17-24(31-18(2)25(17)28(35)30-10-11-33-12-14-38(36,37)15-13-33)16-21-26-20(19-6-3-4-8-22(19)29)7-5-9-23(26)32-27(21)34/h3-9,16,31H,10-15H2,1-2H3,(H,30,35)(H,32,34). The summed E-state index contributed by atoms with van der Waals surface area (Å²) < 4.78 is 37.9. The first-order chi connectivity index (χ1) is 18.1. The number of aromatic nitrogens is 1. The molecule has 1 aromatic heterocycles. The van der Waals surface area contributed by atoms with Gasteiger partial charge in [0.15, 0.2) is 9.84 Å². The highest BCUT2D eigenvalue weighted by molar-refractivity contribution is 7.91. The molecule has 0 saturated carbocycles. The average molecular weight is 537 g/mol. The smallest absolute Gasteiger partial charge is 0.256 e. The van der Waals surface area contributed by atoms with E-state index in [1.807, 2.05) is 11.8 Å². The molecular weight excluding hydrogens is 507 g/mol. The zero-order valence-electron chi connectivity index (χ0n) is 21.2. The summed E-state index contributed by atoms with van der Waals surface area (Å²) in [4.78, 5) is 31.2. The van der Waals surface area contributed by atoms with Gasteiger partial charge < -0.3 is 15.6 Å². The molecule has 3 aromatic rings. The molecule has 0 spiro atoms.